The van der Waals surface area contributed by atoms with Gasteiger partial charge in [-0.15, -0.1) is 0 Å². The average Bonchev–Trinajstić information content (AvgIpc) is 2.38. The predicted octanol–water partition coefficient (Wildman–Crippen LogP) is 2.94. The molecular formula is C15H13NO2S. The first-order valence-corrected chi connectivity index (χ1v) is 7.62. The molecule has 0 spiro atoms. The van der Waals surface area contributed by atoms with Gasteiger partial charge in [0.25, 0.3) is 0 Å². The van der Waals surface area contributed by atoms with Gasteiger partial charge in [0.15, 0.2) is 9.84 Å². The van der Waals surface area contributed by atoms with Crippen molar-refractivity contribution in [3.8, 4) is 17.2 Å². The van der Waals surface area contributed by atoms with Crippen LogP contribution in [-0.2, 0) is 9.84 Å². The maximum Gasteiger partial charge on any atom is 0.175 e. The number of hydrogen-bond donors (Lipinski definition) is 0. The van der Waals surface area contributed by atoms with Crippen LogP contribution in [0.2, 0.25) is 0 Å². The topological polar surface area (TPSA) is 57.9 Å². The predicted molar refractivity (Wildman–Crippen MR) is 74.4 cm³/mol. The Morgan fingerprint density at radius 3 is 2.16 bits per heavy atom. The molecule has 0 saturated heterocycles. The summed E-state index contributed by atoms with van der Waals surface area (Å²) in [6.07, 6.45) is 1.20. The summed E-state index contributed by atoms with van der Waals surface area (Å²) in [5.74, 6) is 0. The fraction of sp³-hybridized carbons (Fsp3) is 0.133. The molecule has 3 nitrogen and oxygen atoms in total. The Labute approximate surface area is 113 Å². The van der Waals surface area contributed by atoms with E-state index in [0.717, 1.165) is 16.7 Å². The molecule has 0 aliphatic heterocycles. The molecule has 0 bridgehead atoms. The van der Waals surface area contributed by atoms with Crippen molar-refractivity contribution in [3.63, 3.8) is 0 Å². The lowest BCUT2D eigenvalue weighted by atomic mass is 10.00. The van der Waals surface area contributed by atoms with E-state index in [1.54, 1.807) is 30.3 Å². The molecule has 0 heterocycles. The van der Waals surface area contributed by atoms with Gasteiger partial charge < -0.3 is 0 Å². The van der Waals surface area contributed by atoms with Gasteiger partial charge in [-0.25, -0.2) is 8.42 Å². The van der Waals surface area contributed by atoms with E-state index in [2.05, 4.69) is 6.07 Å². The minimum absolute atomic E-state index is 0.322. The zero-order chi connectivity index (χ0) is 14.0. The number of rotatable bonds is 2. The molecule has 96 valence electrons. The zero-order valence-electron chi connectivity index (χ0n) is 10.7. The van der Waals surface area contributed by atoms with E-state index in [-0.39, 0.29) is 0 Å². The second-order valence-corrected chi connectivity index (χ2v) is 6.45. The Bertz CT molecular complexity index is 754. The molecule has 19 heavy (non-hydrogen) atoms. The van der Waals surface area contributed by atoms with Crippen LogP contribution in [0.25, 0.3) is 11.1 Å². The molecule has 0 unspecified atom stereocenters. The number of nitrogens with zero attached hydrogens (tertiary/aromatic N) is 1. The van der Waals surface area contributed by atoms with Crippen molar-refractivity contribution in [3.05, 3.63) is 53.6 Å². The SMILES string of the molecule is Cc1cc(S(C)(=O)=O)ccc1-c1ccc(C#N)cc1. The van der Waals surface area contributed by atoms with Crippen molar-refractivity contribution in [1.82, 2.24) is 0 Å². The number of nitriles is 1. The molecule has 0 amide bonds. The summed E-state index contributed by atoms with van der Waals surface area (Å²) in [6, 6.07) is 14.4. The molecule has 0 saturated carbocycles. The lowest BCUT2D eigenvalue weighted by Crippen LogP contribution is -1.98. The number of sulfone groups is 1. The second kappa shape index (κ2) is 4.87. The summed E-state index contributed by atoms with van der Waals surface area (Å²) in [5.41, 5.74) is 3.44. The normalized spacial score (nSPS) is 11.0. The highest BCUT2D eigenvalue weighted by molar-refractivity contribution is 7.90. The Balaban J connectivity index is 2.49. The van der Waals surface area contributed by atoms with E-state index in [1.165, 1.54) is 6.26 Å². The van der Waals surface area contributed by atoms with Crippen LogP contribution in [0.15, 0.2) is 47.4 Å². The third kappa shape index (κ3) is 2.83. The van der Waals surface area contributed by atoms with E-state index in [4.69, 9.17) is 5.26 Å². The van der Waals surface area contributed by atoms with Crippen molar-refractivity contribution in [2.24, 2.45) is 0 Å². The lowest BCUT2D eigenvalue weighted by molar-refractivity contribution is 0.602. The quantitative estimate of drug-likeness (QED) is 0.843. The van der Waals surface area contributed by atoms with Gasteiger partial charge in [0, 0.05) is 6.26 Å². The van der Waals surface area contributed by atoms with Crippen molar-refractivity contribution < 1.29 is 8.42 Å². The van der Waals surface area contributed by atoms with Gasteiger partial charge in [-0.05, 0) is 47.9 Å². The first-order chi connectivity index (χ1) is 8.91. The molecule has 0 radical (unpaired) electrons. The van der Waals surface area contributed by atoms with Gasteiger partial charge in [0.1, 0.15) is 0 Å². The minimum Gasteiger partial charge on any atom is -0.224 e. The van der Waals surface area contributed by atoms with Gasteiger partial charge in [0.2, 0.25) is 0 Å². The Morgan fingerprint density at radius 2 is 1.68 bits per heavy atom. The van der Waals surface area contributed by atoms with Crippen LogP contribution in [0.3, 0.4) is 0 Å². The molecular weight excluding hydrogens is 258 g/mol. The van der Waals surface area contributed by atoms with E-state index in [9.17, 15) is 8.42 Å². The third-order valence-corrected chi connectivity index (χ3v) is 4.06. The van der Waals surface area contributed by atoms with Gasteiger partial charge in [0.05, 0.1) is 16.5 Å². The van der Waals surface area contributed by atoms with Gasteiger partial charge >= 0.3 is 0 Å². The molecule has 0 fully saturated rings. The number of benzene rings is 2. The van der Waals surface area contributed by atoms with Crippen LogP contribution in [0.4, 0.5) is 0 Å². The fourth-order valence-corrected chi connectivity index (χ4v) is 2.62. The Morgan fingerprint density at radius 1 is 1.05 bits per heavy atom. The Kier molecular flexibility index (Phi) is 3.41. The first-order valence-electron chi connectivity index (χ1n) is 5.73. The minimum atomic E-state index is -3.18. The van der Waals surface area contributed by atoms with Gasteiger partial charge in [-0.3, -0.25) is 0 Å². The fourth-order valence-electron chi connectivity index (χ4n) is 1.92. The molecule has 2 aromatic carbocycles. The zero-order valence-corrected chi connectivity index (χ0v) is 11.5. The molecule has 0 aliphatic rings. The van der Waals surface area contributed by atoms with Crippen LogP contribution in [0, 0.1) is 18.3 Å². The molecule has 0 aromatic heterocycles. The molecule has 0 N–H and O–H groups in total. The van der Waals surface area contributed by atoms with E-state index < -0.39 is 9.84 Å². The summed E-state index contributed by atoms with van der Waals surface area (Å²) in [6.45, 7) is 1.88. The van der Waals surface area contributed by atoms with Crippen molar-refractivity contribution in [2.75, 3.05) is 6.26 Å². The van der Waals surface area contributed by atoms with Crippen LogP contribution in [0.5, 0.6) is 0 Å². The van der Waals surface area contributed by atoms with Crippen molar-refractivity contribution in [1.29, 1.82) is 5.26 Å². The average molecular weight is 271 g/mol. The first kappa shape index (κ1) is 13.3. The van der Waals surface area contributed by atoms with Crippen LogP contribution < -0.4 is 0 Å². The summed E-state index contributed by atoms with van der Waals surface area (Å²) < 4.78 is 23.0. The second-order valence-electron chi connectivity index (χ2n) is 4.44. The summed E-state index contributed by atoms with van der Waals surface area (Å²) in [5, 5.41) is 8.76. The van der Waals surface area contributed by atoms with Crippen LogP contribution in [-0.4, -0.2) is 14.7 Å². The Hall–Kier alpha value is -2.12. The maximum atomic E-state index is 11.5. The molecule has 2 aromatic rings. The van der Waals surface area contributed by atoms with Crippen LogP contribution >= 0.6 is 0 Å². The summed E-state index contributed by atoms with van der Waals surface area (Å²) >= 11 is 0. The highest BCUT2D eigenvalue weighted by Crippen LogP contribution is 2.26. The summed E-state index contributed by atoms with van der Waals surface area (Å²) in [4.78, 5) is 0.322. The van der Waals surface area contributed by atoms with Crippen molar-refractivity contribution in [2.45, 2.75) is 11.8 Å². The van der Waals surface area contributed by atoms with E-state index >= 15 is 0 Å². The number of hydrogen-bond acceptors (Lipinski definition) is 3. The largest absolute Gasteiger partial charge is 0.224 e. The smallest absolute Gasteiger partial charge is 0.175 e. The lowest BCUT2D eigenvalue weighted by Gasteiger charge is -2.08. The molecule has 4 heteroatoms. The monoisotopic (exact) mass is 271 g/mol. The molecule has 2 rings (SSSR count). The standard InChI is InChI=1S/C15H13NO2S/c1-11-9-14(19(2,17)18)7-8-15(11)13-5-3-12(10-16)4-6-13/h3-9H,1-2H3. The highest BCUT2D eigenvalue weighted by atomic mass is 32.2. The highest BCUT2D eigenvalue weighted by Gasteiger charge is 2.09. The van der Waals surface area contributed by atoms with E-state index in [1.807, 2.05) is 19.1 Å². The summed E-state index contributed by atoms with van der Waals surface area (Å²) in [7, 11) is -3.18. The van der Waals surface area contributed by atoms with Crippen molar-refractivity contribution >= 4 is 9.84 Å². The molecule has 0 atom stereocenters. The van der Waals surface area contributed by atoms with Gasteiger partial charge in [-0.1, -0.05) is 18.2 Å². The number of aryl methyl sites for hydroxylation is 1. The van der Waals surface area contributed by atoms with E-state index in [0.29, 0.717) is 10.5 Å². The maximum absolute atomic E-state index is 11.5. The van der Waals surface area contributed by atoms with Gasteiger partial charge in [-0.2, -0.15) is 5.26 Å². The third-order valence-electron chi connectivity index (χ3n) is 2.95. The molecule has 0 aliphatic carbocycles. The van der Waals surface area contributed by atoms with Crippen LogP contribution in [0.1, 0.15) is 11.1 Å².